The predicted octanol–water partition coefficient (Wildman–Crippen LogP) is 3.03. The molecular formula is C19H14N4O. The number of hydrogen-bond acceptors (Lipinski definition) is 1. The zero-order valence-corrected chi connectivity index (χ0v) is 12.8. The first-order chi connectivity index (χ1) is 11.8. The summed E-state index contributed by atoms with van der Waals surface area (Å²) in [6.45, 7) is 0. The average Bonchev–Trinajstić information content (AvgIpc) is 2.64. The van der Waals surface area contributed by atoms with Gasteiger partial charge >= 0.3 is 0 Å². The lowest BCUT2D eigenvalue weighted by Crippen LogP contribution is -2.18. The largest absolute Gasteiger partial charge is 0.348 e. The molecule has 0 N–H and O–H groups in total. The van der Waals surface area contributed by atoms with E-state index in [4.69, 9.17) is 11.1 Å². The van der Waals surface area contributed by atoms with Crippen molar-refractivity contribution in [1.82, 2.24) is 0 Å². The van der Waals surface area contributed by atoms with Gasteiger partial charge in [-0.1, -0.05) is 60.7 Å². The molecule has 0 amide bonds. The third kappa shape index (κ3) is 4.22. The van der Waals surface area contributed by atoms with Crippen molar-refractivity contribution in [2.24, 2.45) is 0 Å². The molecule has 0 radical (unpaired) electrons. The normalized spacial score (nSPS) is 11.7. The molecule has 0 spiro atoms. The second kappa shape index (κ2) is 8.77. The van der Waals surface area contributed by atoms with Crippen molar-refractivity contribution in [1.29, 1.82) is 0 Å². The van der Waals surface area contributed by atoms with E-state index < -0.39 is 11.8 Å². The van der Waals surface area contributed by atoms with E-state index in [1.165, 1.54) is 12.2 Å². The number of nitrogens with zero attached hydrogens (tertiary/aromatic N) is 4. The summed E-state index contributed by atoms with van der Waals surface area (Å²) in [5, 5.41) is 0. The highest BCUT2D eigenvalue weighted by Crippen LogP contribution is 2.27. The first-order valence-electron chi connectivity index (χ1n) is 7.27. The molecule has 5 nitrogen and oxygen atoms in total. The average molecular weight is 314 g/mol. The molecule has 0 aliphatic carbocycles. The Hall–Kier alpha value is -3.57. The van der Waals surface area contributed by atoms with Crippen LogP contribution in [0, 0.1) is 0 Å². The standard InChI is InChI=1S/C19H14N4O/c20-22-13-11-17(15-7-3-1-4-8-15)19(24)18(12-14-23-21)16-9-5-2-6-10-16/h1-12,17-18H. The molecule has 2 aromatic carbocycles. The first kappa shape index (κ1) is 16.8. The minimum Gasteiger partial charge on any atom is -0.348 e. The van der Waals surface area contributed by atoms with Crippen molar-refractivity contribution in [3.05, 3.63) is 95.0 Å². The maximum absolute atomic E-state index is 13.1. The zero-order chi connectivity index (χ0) is 17.2. The lowest BCUT2D eigenvalue weighted by atomic mass is 9.83. The van der Waals surface area contributed by atoms with Crippen molar-refractivity contribution < 1.29 is 14.4 Å². The highest BCUT2D eigenvalue weighted by molar-refractivity contribution is 5.96. The third-order valence-electron chi connectivity index (χ3n) is 3.53. The van der Waals surface area contributed by atoms with Gasteiger partial charge in [0.15, 0.2) is 5.78 Å². The van der Waals surface area contributed by atoms with Crippen LogP contribution >= 0.6 is 0 Å². The Kier molecular flexibility index (Phi) is 6.14. The van der Waals surface area contributed by atoms with Crippen molar-refractivity contribution in [3.8, 4) is 0 Å². The predicted molar refractivity (Wildman–Crippen MR) is 89.8 cm³/mol. The first-order valence-corrected chi connectivity index (χ1v) is 7.27. The molecule has 0 fully saturated rings. The van der Waals surface area contributed by atoms with Crippen LogP contribution in [-0.2, 0) is 4.79 Å². The maximum Gasteiger partial charge on any atom is 0.296 e. The number of carbonyl (C=O) groups is 1. The van der Waals surface area contributed by atoms with Crippen LogP contribution < -0.4 is 0 Å². The summed E-state index contributed by atoms with van der Waals surface area (Å²) in [4.78, 5) is 18.7. The Morgan fingerprint density at radius 1 is 0.792 bits per heavy atom. The molecule has 2 unspecified atom stereocenters. The van der Waals surface area contributed by atoms with Gasteiger partial charge in [-0.05, 0) is 11.1 Å². The quantitative estimate of drug-likeness (QED) is 0.458. The van der Waals surface area contributed by atoms with Crippen molar-refractivity contribution in [3.63, 3.8) is 0 Å². The van der Waals surface area contributed by atoms with Gasteiger partial charge in [0, 0.05) is 0 Å². The molecule has 0 bridgehead atoms. The zero-order valence-electron chi connectivity index (χ0n) is 12.8. The van der Waals surface area contributed by atoms with Crippen molar-refractivity contribution in [2.45, 2.75) is 11.8 Å². The van der Waals surface area contributed by atoms with Gasteiger partial charge < -0.3 is 11.1 Å². The highest BCUT2D eigenvalue weighted by Gasteiger charge is 2.27. The molecule has 0 saturated carbocycles. The Morgan fingerprint density at radius 2 is 1.17 bits per heavy atom. The van der Waals surface area contributed by atoms with Gasteiger partial charge in [-0.15, -0.1) is 9.58 Å². The Balaban J connectivity index is 2.52. The Morgan fingerprint density at radius 3 is 1.50 bits per heavy atom. The summed E-state index contributed by atoms with van der Waals surface area (Å²) in [6, 6.07) is 18.2. The van der Waals surface area contributed by atoms with E-state index in [0.717, 1.165) is 11.1 Å². The van der Waals surface area contributed by atoms with Gasteiger partial charge in [-0.2, -0.15) is 0 Å². The summed E-state index contributed by atoms with van der Waals surface area (Å²) in [5.74, 6) is 3.13. The van der Waals surface area contributed by atoms with Crippen LogP contribution in [0.4, 0.5) is 0 Å². The van der Waals surface area contributed by atoms with Crippen molar-refractivity contribution >= 4 is 17.5 Å². The second-order valence-corrected chi connectivity index (χ2v) is 4.97. The molecule has 2 rings (SSSR count). The number of allylic oxidation sites excluding steroid dienone is 2. The summed E-state index contributed by atoms with van der Waals surface area (Å²) < 4.78 is 0. The van der Waals surface area contributed by atoms with Crippen LogP contribution in [0.15, 0.2) is 72.8 Å². The minimum absolute atomic E-state index is 0.181. The van der Waals surface area contributed by atoms with E-state index >= 15 is 0 Å². The molecular weight excluding hydrogens is 300 g/mol. The van der Waals surface area contributed by atoms with Crippen molar-refractivity contribution in [2.75, 3.05) is 0 Å². The number of ketones is 1. The molecule has 0 saturated heterocycles. The van der Waals surface area contributed by atoms with Crippen LogP contribution in [-0.4, -0.2) is 27.1 Å². The lowest BCUT2D eigenvalue weighted by molar-refractivity contribution is -0.120. The number of hydrogen-bond donors (Lipinski definition) is 0. The van der Waals surface area contributed by atoms with E-state index in [2.05, 4.69) is 21.3 Å². The Labute approximate surface area is 139 Å². The van der Waals surface area contributed by atoms with E-state index in [1.807, 2.05) is 60.7 Å². The molecule has 0 aliphatic rings. The minimum atomic E-state index is -0.663. The van der Waals surface area contributed by atoms with Gasteiger partial charge in [0.1, 0.15) is 0 Å². The molecule has 116 valence electrons. The summed E-state index contributed by atoms with van der Waals surface area (Å²) in [7, 11) is 0. The maximum atomic E-state index is 13.1. The second-order valence-electron chi connectivity index (χ2n) is 4.97. The van der Waals surface area contributed by atoms with E-state index in [9.17, 15) is 4.79 Å². The summed E-state index contributed by atoms with van der Waals surface area (Å²) in [6.07, 6.45) is 2.80. The number of carbonyl (C=O) groups excluding carboxylic acids is 1. The topological polar surface area (TPSA) is 89.9 Å². The Bertz CT molecular complexity index is 793. The summed E-state index contributed by atoms with van der Waals surface area (Å²) in [5.41, 5.74) is 18.8. The molecule has 0 heterocycles. The highest BCUT2D eigenvalue weighted by atomic mass is 16.1. The van der Waals surface area contributed by atoms with Gasteiger partial charge in [-0.25, -0.2) is 0 Å². The smallest absolute Gasteiger partial charge is 0.296 e. The van der Waals surface area contributed by atoms with Gasteiger partial charge in [0.25, 0.3) is 11.7 Å². The van der Waals surface area contributed by atoms with Crippen LogP contribution in [0.3, 0.4) is 0 Å². The molecule has 5 heteroatoms. The number of Topliss-reactive ketones (excluding diaryl/α,β-unsaturated/α-hetero) is 1. The SMILES string of the molecule is [N-]=[N+]=C=CC(C(=O)C(C=C=[N+]=[N-])c1ccccc1)c1ccccc1. The number of benzene rings is 2. The van der Waals surface area contributed by atoms with Gasteiger partial charge in [0.05, 0.1) is 24.0 Å². The van der Waals surface area contributed by atoms with Crippen LogP contribution in [0.5, 0.6) is 0 Å². The van der Waals surface area contributed by atoms with E-state index in [1.54, 1.807) is 0 Å². The van der Waals surface area contributed by atoms with Crippen LogP contribution in [0.1, 0.15) is 23.0 Å². The third-order valence-corrected chi connectivity index (χ3v) is 3.53. The van der Waals surface area contributed by atoms with Gasteiger partial charge in [-0.3, -0.25) is 4.79 Å². The number of rotatable bonds is 6. The van der Waals surface area contributed by atoms with E-state index in [0.29, 0.717) is 0 Å². The van der Waals surface area contributed by atoms with Crippen LogP contribution in [0.2, 0.25) is 0 Å². The fraction of sp³-hybridized carbons (Fsp3) is 0.105. The van der Waals surface area contributed by atoms with Gasteiger partial charge in [0.2, 0.25) is 0 Å². The molecule has 0 aromatic heterocycles. The molecule has 0 aliphatic heterocycles. The molecule has 2 aromatic rings. The fourth-order valence-electron chi connectivity index (χ4n) is 2.42. The van der Waals surface area contributed by atoms with Crippen LogP contribution in [0.25, 0.3) is 11.1 Å². The summed E-state index contributed by atoms with van der Waals surface area (Å²) >= 11 is 0. The molecule has 24 heavy (non-hydrogen) atoms. The fourth-order valence-corrected chi connectivity index (χ4v) is 2.42. The lowest BCUT2D eigenvalue weighted by Gasteiger charge is -2.16. The molecule has 2 atom stereocenters. The van der Waals surface area contributed by atoms with E-state index in [-0.39, 0.29) is 5.78 Å². The monoisotopic (exact) mass is 314 g/mol.